The lowest BCUT2D eigenvalue weighted by atomic mass is 10.0. The van der Waals surface area contributed by atoms with Gasteiger partial charge in [-0.05, 0) is 12.5 Å². The molecule has 2 aromatic heterocycles. The molecule has 0 radical (unpaired) electrons. The first-order chi connectivity index (χ1) is 15.7. The molecule has 0 aromatic carbocycles. The van der Waals surface area contributed by atoms with Gasteiger partial charge in [0.2, 0.25) is 5.91 Å². The van der Waals surface area contributed by atoms with Gasteiger partial charge in [0.15, 0.2) is 4.34 Å². The molecule has 16 heteroatoms. The molecule has 174 valence electrons. The van der Waals surface area contributed by atoms with Crippen LogP contribution in [0, 0.1) is 17.0 Å². The van der Waals surface area contributed by atoms with Crippen LogP contribution in [0.3, 0.4) is 0 Å². The van der Waals surface area contributed by atoms with Crippen molar-refractivity contribution in [2.24, 2.45) is 0 Å². The number of nitrogens with one attached hydrogen (secondary N) is 1. The lowest BCUT2D eigenvalue weighted by Crippen LogP contribution is -2.70. The first kappa shape index (κ1) is 23.2. The third-order valence-corrected chi connectivity index (χ3v) is 8.24. The van der Waals surface area contributed by atoms with Crippen LogP contribution in [0.2, 0.25) is 0 Å². The molecule has 0 spiro atoms. The normalized spacial score (nSPS) is 19.8. The van der Waals surface area contributed by atoms with Gasteiger partial charge < -0.3 is 10.4 Å². The zero-order valence-electron chi connectivity index (χ0n) is 17.0. The monoisotopic (exact) mass is 511 g/mol. The van der Waals surface area contributed by atoms with Crippen molar-refractivity contribution < 1.29 is 24.4 Å². The maximum atomic E-state index is 12.7. The van der Waals surface area contributed by atoms with Crippen LogP contribution in [0.5, 0.6) is 0 Å². The minimum Gasteiger partial charge on any atom is -0.477 e. The summed E-state index contributed by atoms with van der Waals surface area (Å²) >= 11 is 4.17. The van der Waals surface area contributed by atoms with Crippen molar-refractivity contribution >= 4 is 58.3 Å². The number of carbonyl (C=O) groups is 3. The molecular formula is C17H17N7O6S3. The van der Waals surface area contributed by atoms with Crippen LogP contribution in [0.4, 0.5) is 5.69 Å². The predicted octanol–water partition coefficient (Wildman–Crippen LogP) is 0.872. The molecule has 0 bridgehead atoms. The molecule has 1 saturated heterocycles. The number of amides is 2. The van der Waals surface area contributed by atoms with E-state index in [1.54, 1.807) is 0 Å². The number of nitrogens with zero attached hydrogens (tertiary/aromatic N) is 6. The molecule has 2 N–H and O–H groups in total. The van der Waals surface area contributed by atoms with Gasteiger partial charge in [0.1, 0.15) is 34.5 Å². The Morgan fingerprint density at radius 1 is 1.42 bits per heavy atom. The van der Waals surface area contributed by atoms with Crippen molar-refractivity contribution in [1.82, 2.24) is 30.2 Å². The number of thioether (sulfide) groups is 2. The second-order valence-corrected chi connectivity index (χ2v) is 10.6. The number of aromatic nitrogens is 4. The average Bonchev–Trinajstić information content (AvgIpc) is 3.42. The van der Waals surface area contributed by atoms with E-state index in [2.05, 4.69) is 20.6 Å². The summed E-state index contributed by atoms with van der Waals surface area (Å²) in [6, 6.07) is -0.830. The van der Waals surface area contributed by atoms with Crippen LogP contribution in [0.1, 0.15) is 11.4 Å². The van der Waals surface area contributed by atoms with E-state index in [9.17, 15) is 29.6 Å². The van der Waals surface area contributed by atoms with Crippen LogP contribution in [0.25, 0.3) is 0 Å². The highest BCUT2D eigenvalue weighted by Gasteiger charge is 2.54. The Morgan fingerprint density at radius 2 is 2.21 bits per heavy atom. The second kappa shape index (κ2) is 9.48. The van der Waals surface area contributed by atoms with Crippen LogP contribution in [-0.2, 0) is 20.9 Å². The van der Waals surface area contributed by atoms with Gasteiger partial charge in [0.05, 0.1) is 4.92 Å². The number of carboxylic acids is 1. The minimum atomic E-state index is -1.19. The Hall–Kier alpha value is -2.98. The lowest BCUT2D eigenvalue weighted by Gasteiger charge is -2.49. The summed E-state index contributed by atoms with van der Waals surface area (Å²) in [6.45, 7) is 1.94. The van der Waals surface area contributed by atoms with Crippen molar-refractivity contribution in [3.05, 3.63) is 38.8 Å². The number of rotatable bonds is 9. The maximum Gasteiger partial charge on any atom is 0.352 e. The lowest BCUT2D eigenvalue weighted by molar-refractivity contribution is -0.385. The van der Waals surface area contributed by atoms with Crippen LogP contribution >= 0.6 is 34.9 Å². The van der Waals surface area contributed by atoms with Crippen molar-refractivity contribution in [1.29, 1.82) is 0 Å². The smallest absolute Gasteiger partial charge is 0.352 e. The number of β-lactam (4-membered cyclic amide) rings is 1. The van der Waals surface area contributed by atoms with Gasteiger partial charge in [-0.25, -0.2) is 4.79 Å². The summed E-state index contributed by atoms with van der Waals surface area (Å²) in [5.41, 5.74) is 0.383. The van der Waals surface area contributed by atoms with Crippen molar-refractivity contribution in [3.63, 3.8) is 0 Å². The fourth-order valence-electron chi connectivity index (χ4n) is 3.31. The molecule has 1 fully saturated rings. The summed E-state index contributed by atoms with van der Waals surface area (Å²) in [4.78, 5) is 48.3. The highest BCUT2D eigenvalue weighted by Crippen LogP contribution is 2.41. The Balaban J connectivity index is 1.36. The number of nitro groups is 1. The standard InChI is InChI=1S/C17H17N7O6S3/c1-8-20-21-17(33-8)32-7-9-6-31-15-12(14(26)23(15)13(9)16(27)28)19-11(25)2-3-22-5-10(4-18-22)24(29)30/h4-5,12,15H,2-3,6-7H2,1H3,(H,19,25)(H,27,28)/t12-,15-/m1/s1. The molecule has 2 aliphatic rings. The van der Waals surface area contributed by atoms with Gasteiger partial charge in [-0.3, -0.25) is 29.3 Å². The van der Waals surface area contributed by atoms with E-state index in [1.807, 2.05) is 6.92 Å². The van der Waals surface area contributed by atoms with E-state index in [-0.39, 0.29) is 24.4 Å². The maximum absolute atomic E-state index is 12.7. The Kier molecular flexibility index (Phi) is 6.66. The molecule has 2 aliphatic heterocycles. The summed E-state index contributed by atoms with van der Waals surface area (Å²) in [5, 5.41) is 35.1. The summed E-state index contributed by atoms with van der Waals surface area (Å²) in [6.07, 6.45) is 2.27. The van der Waals surface area contributed by atoms with Gasteiger partial charge in [0.25, 0.3) is 5.91 Å². The highest BCUT2D eigenvalue weighted by molar-refractivity contribution is 8.01. The number of aryl methyl sites for hydroxylation is 2. The molecule has 0 saturated carbocycles. The number of carbonyl (C=O) groups excluding carboxylic acids is 2. The zero-order valence-corrected chi connectivity index (χ0v) is 19.5. The SMILES string of the molecule is Cc1nnc(SCC2=C(C(=O)O)N3C(=O)[C@@H](NC(=O)CCn4cc([N+](=O)[O-])cn4)[C@H]3SC2)s1. The summed E-state index contributed by atoms with van der Waals surface area (Å²) < 4.78 is 2.00. The largest absolute Gasteiger partial charge is 0.477 e. The van der Waals surface area contributed by atoms with Crippen molar-refractivity contribution in [2.45, 2.75) is 35.6 Å². The molecule has 0 unspecified atom stereocenters. The van der Waals surface area contributed by atoms with E-state index in [0.29, 0.717) is 17.1 Å². The summed E-state index contributed by atoms with van der Waals surface area (Å²) in [5.74, 6) is -1.33. The molecule has 4 heterocycles. The third-order valence-electron chi connectivity index (χ3n) is 4.84. The summed E-state index contributed by atoms with van der Waals surface area (Å²) in [7, 11) is 0. The third kappa shape index (κ3) is 4.86. The number of hydrogen-bond donors (Lipinski definition) is 2. The minimum absolute atomic E-state index is 0.0369. The van der Waals surface area contributed by atoms with E-state index < -0.39 is 34.1 Å². The van der Waals surface area contributed by atoms with Gasteiger partial charge in [0, 0.05) is 24.5 Å². The molecule has 0 aliphatic carbocycles. The first-order valence-electron chi connectivity index (χ1n) is 9.53. The fraction of sp³-hybridized carbons (Fsp3) is 0.412. The number of fused-ring (bicyclic) bond motifs is 1. The topological polar surface area (TPSA) is 173 Å². The number of carboxylic acid groups (broad SMARTS) is 1. The van der Waals surface area contributed by atoms with E-state index in [0.717, 1.165) is 15.5 Å². The van der Waals surface area contributed by atoms with E-state index >= 15 is 0 Å². The van der Waals surface area contributed by atoms with E-state index in [1.165, 1.54) is 50.6 Å². The van der Waals surface area contributed by atoms with Crippen LogP contribution in [0.15, 0.2) is 28.0 Å². The molecule has 4 rings (SSSR count). The van der Waals surface area contributed by atoms with E-state index in [4.69, 9.17) is 0 Å². The predicted molar refractivity (Wildman–Crippen MR) is 119 cm³/mol. The molecule has 2 amide bonds. The number of hydrogen-bond acceptors (Lipinski definition) is 11. The van der Waals surface area contributed by atoms with Crippen molar-refractivity contribution in [2.75, 3.05) is 11.5 Å². The molecular weight excluding hydrogens is 494 g/mol. The molecule has 33 heavy (non-hydrogen) atoms. The van der Waals surface area contributed by atoms with Crippen LogP contribution in [-0.4, -0.2) is 75.6 Å². The average molecular weight is 512 g/mol. The first-order valence-corrected chi connectivity index (χ1v) is 12.4. The fourth-order valence-corrected chi connectivity index (χ4v) is 6.61. The number of aliphatic carboxylic acids is 1. The van der Waals surface area contributed by atoms with Crippen molar-refractivity contribution in [3.8, 4) is 0 Å². The zero-order chi connectivity index (χ0) is 23.7. The molecule has 2 aromatic rings. The highest BCUT2D eigenvalue weighted by atomic mass is 32.2. The Morgan fingerprint density at radius 3 is 2.85 bits per heavy atom. The molecule has 2 atom stereocenters. The quantitative estimate of drug-likeness (QED) is 0.212. The van der Waals surface area contributed by atoms with Gasteiger partial charge >= 0.3 is 11.7 Å². The van der Waals surface area contributed by atoms with Gasteiger partial charge in [-0.1, -0.05) is 23.1 Å². The van der Waals surface area contributed by atoms with Gasteiger partial charge in [-0.15, -0.1) is 22.0 Å². The Labute approximate surface area is 198 Å². The molecule has 13 nitrogen and oxygen atoms in total. The second-order valence-electron chi connectivity index (χ2n) is 7.06. The Bertz CT molecular complexity index is 1160. The van der Waals surface area contributed by atoms with Gasteiger partial charge in [-0.2, -0.15) is 5.10 Å². The van der Waals surface area contributed by atoms with Crippen LogP contribution < -0.4 is 5.32 Å².